The lowest BCUT2D eigenvalue weighted by atomic mass is 9.91. The fraction of sp³-hybridized carbons (Fsp3) is 0.600. The molecule has 2 unspecified atom stereocenters. The first-order chi connectivity index (χ1) is 9.52. The van der Waals surface area contributed by atoms with Gasteiger partial charge in [0.05, 0.1) is 5.56 Å². The largest absolute Gasteiger partial charge is 0.416 e. The summed E-state index contributed by atoms with van der Waals surface area (Å²) >= 11 is 1.93. The molecular weight excluding hydrogens is 283 g/mol. The number of rotatable bonds is 5. The first kappa shape index (κ1) is 15.7. The highest BCUT2D eigenvalue weighted by Gasteiger charge is 2.31. The van der Waals surface area contributed by atoms with Gasteiger partial charge in [0, 0.05) is 6.04 Å². The standard InChI is InChI=1S/C15H20F3NS/c1-2-8-19-14(12-7-9-20-10-12)11-3-5-13(6-4-11)15(16,17)18/h3-6,12,14,19H,2,7-10H2,1H3. The van der Waals surface area contributed by atoms with Gasteiger partial charge in [0.15, 0.2) is 0 Å². The summed E-state index contributed by atoms with van der Waals surface area (Å²) in [4.78, 5) is 0. The van der Waals surface area contributed by atoms with Crippen LogP contribution in [0.1, 0.15) is 36.9 Å². The van der Waals surface area contributed by atoms with Crippen molar-refractivity contribution in [2.75, 3.05) is 18.1 Å². The predicted octanol–water partition coefficient (Wildman–Crippen LogP) is 4.50. The van der Waals surface area contributed by atoms with Crippen molar-refractivity contribution < 1.29 is 13.2 Å². The zero-order valence-electron chi connectivity index (χ0n) is 11.5. The minimum absolute atomic E-state index is 0.173. The third kappa shape index (κ3) is 3.92. The van der Waals surface area contributed by atoms with E-state index < -0.39 is 11.7 Å². The second-order valence-corrected chi connectivity index (χ2v) is 6.33. The van der Waals surface area contributed by atoms with E-state index >= 15 is 0 Å². The van der Waals surface area contributed by atoms with Gasteiger partial charge in [0.25, 0.3) is 0 Å². The quantitative estimate of drug-likeness (QED) is 0.859. The molecule has 0 bridgehead atoms. The van der Waals surface area contributed by atoms with E-state index in [0.717, 1.165) is 36.5 Å². The lowest BCUT2D eigenvalue weighted by molar-refractivity contribution is -0.137. The average Bonchev–Trinajstić information content (AvgIpc) is 2.93. The molecule has 0 radical (unpaired) electrons. The Hall–Kier alpha value is -0.680. The fourth-order valence-electron chi connectivity index (χ4n) is 2.55. The molecule has 0 aromatic heterocycles. The third-order valence-corrected chi connectivity index (χ3v) is 4.84. The van der Waals surface area contributed by atoms with Crippen molar-refractivity contribution in [1.82, 2.24) is 5.32 Å². The maximum atomic E-state index is 12.6. The van der Waals surface area contributed by atoms with Crippen molar-refractivity contribution in [3.05, 3.63) is 35.4 Å². The number of nitrogens with one attached hydrogen (secondary N) is 1. The number of halogens is 3. The molecule has 5 heteroatoms. The lowest BCUT2D eigenvalue weighted by Crippen LogP contribution is -2.29. The maximum Gasteiger partial charge on any atom is 0.416 e. The van der Waals surface area contributed by atoms with Crippen molar-refractivity contribution in [3.63, 3.8) is 0 Å². The first-order valence-electron chi connectivity index (χ1n) is 7.00. The summed E-state index contributed by atoms with van der Waals surface area (Å²) < 4.78 is 37.8. The Morgan fingerprint density at radius 1 is 1.30 bits per heavy atom. The fourth-order valence-corrected chi connectivity index (χ4v) is 3.85. The molecule has 0 spiro atoms. The number of hydrogen-bond donors (Lipinski definition) is 1. The monoisotopic (exact) mass is 303 g/mol. The Balaban J connectivity index is 2.15. The van der Waals surface area contributed by atoms with Crippen LogP contribution >= 0.6 is 11.8 Å². The highest BCUT2D eigenvalue weighted by atomic mass is 32.2. The van der Waals surface area contributed by atoms with Crippen molar-refractivity contribution in [2.24, 2.45) is 5.92 Å². The van der Waals surface area contributed by atoms with Crippen LogP contribution in [0.25, 0.3) is 0 Å². The number of thioether (sulfide) groups is 1. The van der Waals surface area contributed by atoms with Crippen LogP contribution in [0, 0.1) is 5.92 Å². The van der Waals surface area contributed by atoms with E-state index in [1.54, 1.807) is 12.1 Å². The van der Waals surface area contributed by atoms with Crippen LogP contribution in [0.15, 0.2) is 24.3 Å². The molecular formula is C15H20F3NS. The van der Waals surface area contributed by atoms with Gasteiger partial charge in [-0.15, -0.1) is 0 Å². The van der Waals surface area contributed by atoms with E-state index in [-0.39, 0.29) is 6.04 Å². The van der Waals surface area contributed by atoms with E-state index in [0.29, 0.717) is 5.92 Å². The highest BCUT2D eigenvalue weighted by Crippen LogP contribution is 2.35. The molecule has 1 N–H and O–H groups in total. The molecule has 0 aliphatic carbocycles. The summed E-state index contributed by atoms with van der Waals surface area (Å²) in [5.41, 5.74) is 0.398. The van der Waals surface area contributed by atoms with Gasteiger partial charge in [-0.2, -0.15) is 24.9 Å². The average molecular weight is 303 g/mol. The van der Waals surface area contributed by atoms with Crippen LogP contribution in [0.2, 0.25) is 0 Å². The minimum Gasteiger partial charge on any atom is -0.310 e. The van der Waals surface area contributed by atoms with Crippen LogP contribution in [0.3, 0.4) is 0 Å². The molecule has 1 heterocycles. The molecule has 1 aromatic rings. The van der Waals surface area contributed by atoms with Gasteiger partial charge in [-0.1, -0.05) is 19.1 Å². The second kappa shape index (κ2) is 6.85. The summed E-state index contributed by atoms with van der Waals surface area (Å²) in [5.74, 6) is 2.75. The summed E-state index contributed by atoms with van der Waals surface area (Å²) in [6, 6.07) is 5.81. The number of benzene rings is 1. The summed E-state index contributed by atoms with van der Waals surface area (Å²) in [6.07, 6.45) is -2.10. The Kier molecular flexibility index (Phi) is 5.38. The van der Waals surface area contributed by atoms with E-state index in [1.807, 2.05) is 11.8 Å². The second-order valence-electron chi connectivity index (χ2n) is 5.18. The van der Waals surface area contributed by atoms with Gasteiger partial charge in [0.2, 0.25) is 0 Å². The smallest absolute Gasteiger partial charge is 0.310 e. The van der Waals surface area contributed by atoms with E-state index in [4.69, 9.17) is 0 Å². The van der Waals surface area contributed by atoms with E-state index in [2.05, 4.69) is 12.2 Å². The maximum absolute atomic E-state index is 12.6. The molecule has 2 atom stereocenters. The van der Waals surface area contributed by atoms with Crippen LogP contribution < -0.4 is 5.32 Å². The van der Waals surface area contributed by atoms with Crippen molar-refractivity contribution >= 4 is 11.8 Å². The Morgan fingerprint density at radius 2 is 2.00 bits per heavy atom. The Bertz CT molecular complexity index is 410. The molecule has 1 aromatic carbocycles. The first-order valence-corrected chi connectivity index (χ1v) is 8.16. The van der Waals surface area contributed by atoms with Crippen molar-refractivity contribution in [3.8, 4) is 0 Å². The molecule has 1 fully saturated rings. The van der Waals surface area contributed by atoms with Crippen LogP contribution in [0.5, 0.6) is 0 Å². The molecule has 112 valence electrons. The summed E-state index contributed by atoms with van der Waals surface area (Å²) in [6.45, 7) is 2.99. The molecule has 1 saturated heterocycles. The molecule has 0 amide bonds. The van der Waals surface area contributed by atoms with Gasteiger partial charge in [-0.05, 0) is 54.5 Å². The molecule has 20 heavy (non-hydrogen) atoms. The lowest BCUT2D eigenvalue weighted by Gasteiger charge is -2.25. The zero-order chi connectivity index (χ0) is 14.6. The topological polar surface area (TPSA) is 12.0 Å². The van der Waals surface area contributed by atoms with Gasteiger partial charge < -0.3 is 5.32 Å². The van der Waals surface area contributed by atoms with Gasteiger partial charge in [-0.25, -0.2) is 0 Å². The molecule has 2 rings (SSSR count). The molecule has 0 saturated carbocycles. The minimum atomic E-state index is -4.26. The summed E-state index contributed by atoms with van der Waals surface area (Å²) in [7, 11) is 0. The molecule has 1 aliphatic heterocycles. The van der Waals surface area contributed by atoms with Gasteiger partial charge in [-0.3, -0.25) is 0 Å². The Morgan fingerprint density at radius 3 is 2.50 bits per heavy atom. The van der Waals surface area contributed by atoms with Crippen LogP contribution in [0.4, 0.5) is 13.2 Å². The van der Waals surface area contributed by atoms with E-state index in [9.17, 15) is 13.2 Å². The van der Waals surface area contributed by atoms with E-state index in [1.165, 1.54) is 12.1 Å². The normalized spacial score (nSPS) is 21.1. The van der Waals surface area contributed by atoms with Crippen LogP contribution in [-0.2, 0) is 6.18 Å². The highest BCUT2D eigenvalue weighted by molar-refractivity contribution is 7.99. The Labute approximate surface area is 122 Å². The summed E-state index contributed by atoms with van der Waals surface area (Å²) in [5, 5.41) is 3.49. The SMILES string of the molecule is CCCNC(c1ccc(C(F)(F)F)cc1)C1CCSC1. The zero-order valence-corrected chi connectivity index (χ0v) is 12.4. The number of hydrogen-bond acceptors (Lipinski definition) is 2. The van der Waals surface area contributed by atoms with Crippen LogP contribution in [-0.4, -0.2) is 18.1 Å². The van der Waals surface area contributed by atoms with Crippen molar-refractivity contribution in [2.45, 2.75) is 32.0 Å². The molecule has 1 aliphatic rings. The number of alkyl halides is 3. The van der Waals surface area contributed by atoms with Crippen molar-refractivity contribution in [1.29, 1.82) is 0 Å². The predicted molar refractivity (Wildman–Crippen MR) is 77.9 cm³/mol. The molecule has 1 nitrogen and oxygen atoms in total. The third-order valence-electron chi connectivity index (χ3n) is 3.65. The van der Waals surface area contributed by atoms with Gasteiger partial charge >= 0.3 is 6.18 Å². The van der Waals surface area contributed by atoms with Gasteiger partial charge in [0.1, 0.15) is 0 Å².